The van der Waals surface area contributed by atoms with Crippen LogP contribution in [-0.2, 0) is 0 Å². The Morgan fingerprint density at radius 1 is 0.923 bits per heavy atom. The van der Waals surface area contributed by atoms with E-state index >= 15 is 0 Å². The van der Waals surface area contributed by atoms with Gasteiger partial charge in [-0.2, -0.15) is 0 Å². The highest BCUT2D eigenvalue weighted by Crippen LogP contribution is 2.23. The number of hydrogen-bond donors (Lipinski definition) is 0. The average molecular weight is 393 g/mol. The molecule has 5 nitrogen and oxygen atoms in total. The first-order valence-electron chi connectivity index (χ1n) is 8.17. The molecule has 136 valence electrons. The van der Waals surface area contributed by atoms with Crippen molar-refractivity contribution in [3.8, 4) is 5.75 Å². The first-order chi connectivity index (χ1) is 12.5. The van der Waals surface area contributed by atoms with Crippen LogP contribution in [0.3, 0.4) is 0 Å². The van der Waals surface area contributed by atoms with E-state index < -0.39 is 0 Å². The van der Waals surface area contributed by atoms with Gasteiger partial charge in [0.05, 0.1) is 17.7 Å². The van der Waals surface area contributed by atoms with Crippen LogP contribution in [0, 0.1) is 0 Å². The number of benzene rings is 2. The zero-order valence-corrected chi connectivity index (χ0v) is 15.8. The number of piperazine rings is 1. The molecule has 1 aliphatic rings. The van der Waals surface area contributed by atoms with Gasteiger partial charge in [-0.25, -0.2) is 0 Å². The Labute approximate surface area is 162 Å². The summed E-state index contributed by atoms with van der Waals surface area (Å²) < 4.78 is 5.16. The molecule has 1 aliphatic heterocycles. The van der Waals surface area contributed by atoms with Crippen molar-refractivity contribution in [2.45, 2.75) is 0 Å². The lowest BCUT2D eigenvalue weighted by Crippen LogP contribution is -2.50. The molecule has 0 N–H and O–H groups in total. The predicted octanol–water partition coefficient (Wildman–Crippen LogP) is 3.60. The summed E-state index contributed by atoms with van der Waals surface area (Å²) in [6.45, 7) is 1.80. The van der Waals surface area contributed by atoms with E-state index in [-0.39, 0.29) is 11.8 Å². The van der Waals surface area contributed by atoms with Gasteiger partial charge >= 0.3 is 0 Å². The molecule has 2 amide bonds. The maximum Gasteiger partial charge on any atom is 0.255 e. The maximum atomic E-state index is 12.7. The highest BCUT2D eigenvalue weighted by molar-refractivity contribution is 6.35. The summed E-state index contributed by atoms with van der Waals surface area (Å²) in [5.74, 6) is 0.392. The smallest absolute Gasteiger partial charge is 0.255 e. The molecule has 0 unspecified atom stereocenters. The fourth-order valence-electron chi connectivity index (χ4n) is 2.88. The number of carbonyl (C=O) groups is 2. The molecule has 2 aromatic carbocycles. The molecule has 0 atom stereocenters. The zero-order valence-electron chi connectivity index (χ0n) is 14.2. The number of carbonyl (C=O) groups excluding carboxylic acids is 2. The third-order valence-electron chi connectivity index (χ3n) is 4.33. The molecular weight excluding hydrogens is 375 g/mol. The van der Waals surface area contributed by atoms with Crippen molar-refractivity contribution in [2.24, 2.45) is 0 Å². The van der Waals surface area contributed by atoms with Gasteiger partial charge in [-0.3, -0.25) is 9.59 Å². The zero-order chi connectivity index (χ0) is 18.7. The van der Waals surface area contributed by atoms with Crippen molar-refractivity contribution in [1.29, 1.82) is 0 Å². The largest absolute Gasteiger partial charge is 0.497 e. The first-order valence-corrected chi connectivity index (χ1v) is 8.93. The van der Waals surface area contributed by atoms with E-state index in [0.717, 1.165) is 0 Å². The lowest BCUT2D eigenvalue weighted by molar-refractivity contribution is 0.0535. The van der Waals surface area contributed by atoms with Gasteiger partial charge in [0.15, 0.2) is 0 Å². The van der Waals surface area contributed by atoms with Crippen molar-refractivity contribution in [2.75, 3.05) is 33.3 Å². The van der Waals surface area contributed by atoms with Gasteiger partial charge in [0, 0.05) is 36.8 Å². The molecule has 0 saturated carbocycles. The van der Waals surface area contributed by atoms with Gasteiger partial charge in [-0.1, -0.05) is 29.3 Å². The monoisotopic (exact) mass is 392 g/mol. The summed E-state index contributed by atoms with van der Waals surface area (Å²) >= 11 is 12.1. The summed E-state index contributed by atoms with van der Waals surface area (Å²) in [5.41, 5.74) is 0.953. The highest BCUT2D eigenvalue weighted by atomic mass is 35.5. The summed E-state index contributed by atoms with van der Waals surface area (Å²) in [6.07, 6.45) is 0. The molecule has 0 bridgehead atoms. The molecular formula is C19H18Cl2N2O3. The van der Waals surface area contributed by atoms with E-state index in [1.54, 1.807) is 59.4 Å². The lowest BCUT2D eigenvalue weighted by atomic mass is 10.1. The Morgan fingerprint density at radius 3 is 2.23 bits per heavy atom. The van der Waals surface area contributed by atoms with Crippen LogP contribution < -0.4 is 4.74 Å². The number of amides is 2. The second-order valence-corrected chi connectivity index (χ2v) is 6.78. The normalized spacial score (nSPS) is 14.3. The second kappa shape index (κ2) is 7.98. The molecule has 1 heterocycles. The Hall–Kier alpha value is -2.24. The molecule has 3 rings (SSSR count). The van der Waals surface area contributed by atoms with Gasteiger partial charge in [0.2, 0.25) is 0 Å². The Morgan fingerprint density at radius 2 is 1.58 bits per heavy atom. The van der Waals surface area contributed by atoms with E-state index in [1.165, 1.54) is 0 Å². The SMILES string of the molecule is COc1cccc(C(=O)N2CCN(C(=O)c3cc(Cl)ccc3Cl)CC2)c1. The minimum atomic E-state index is -0.175. The van der Waals surface area contributed by atoms with Gasteiger partial charge in [0.25, 0.3) is 11.8 Å². The van der Waals surface area contributed by atoms with Crippen molar-refractivity contribution in [1.82, 2.24) is 9.80 Å². The van der Waals surface area contributed by atoms with Crippen LogP contribution in [0.2, 0.25) is 10.0 Å². The second-order valence-electron chi connectivity index (χ2n) is 5.94. The number of hydrogen-bond acceptors (Lipinski definition) is 3. The quantitative estimate of drug-likeness (QED) is 0.801. The van der Waals surface area contributed by atoms with Crippen LogP contribution in [0.15, 0.2) is 42.5 Å². The number of ether oxygens (including phenoxy) is 1. The molecule has 0 spiro atoms. The molecule has 2 aromatic rings. The van der Waals surface area contributed by atoms with Crippen LogP contribution in [0.5, 0.6) is 5.75 Å². The average Bonchev–Trinajstić information content (AvgIpc) is 2.69. The van der Waals surface area contributed by atoms with Crippen LogP contribution in [0.25, 0.3) is 0 Å². The number of nitrogens with zero attached hydrogens (tertiary/aromatic N) is 2. The van der Waals surface area contributed by atoms with Crippen LogP contribution >= 0.6 is 23.2 Å². The molecule has 0 aliphatic carbocycles. The van der Waals surface area contributed by atoms with E-state index in [4.69, 9.17) is 27.9 Å². The molecule has 0 aromatic heterocycles. The summed E-state index contributed by atoms with van der Waals surface area (Å²) in [4.78, 5) is 28.7. The van der Waals surface area contributed by atoms with Crippen molar-refractivity contribution < 1.29 is 14.3 Å². The highest BCUT2D eigenvalue weighted by Gasteiger charge is 2.26. The van der Waals surface area contributed by atoms with E-state index in [0.29, 0.717) is 53.1 Å². The Balaban J connectivity index is 1.66. The third-order valence-corrected chi connectivity index (χ3v) is 4.89. The number of methoxy groups -OCH3 is 1. The first kappa shape index (κ1) is 18.5. The summed E-state index contributed by atoms with van der Waals surface area (Å²) in [5, 5.41) is 0.832. The van der Waals surface area contributed by atoms with E-state index in [2.05, 4.69) is 0 Å². The standard InChI is InChI=1S/C19H18Cl2N2O3/c1-26-15-4-2-3-13(11-15)18(24)22-7-9-23(10-8-22)19(25)16-12-14(20)5-6-17(16)21/h2-6,11-12H,7-10H2,1H3. The van der Waals surface area contributed by atoms with Crippen LogP contribution in [-0.4, -0.2) is 54.9 Å². The van der Waals surface area contributed by atoms with Crippen LogP contribution in [0.1, 0.15) is 20.7 Å². The molecule has 26 heavy (non-hydrogen) atoms. The van der Waals surface area contributed by atoms with Gasteiger partial charge in [0.1, 0.15) is 5.75 Å². The Bertz CT molecular complexity index is 833. The molecule has 0 radical (unpaired) electrons. The third kappa shape index (κ3) is 3.94. The van der Waals surface area contributed by atoms with Gasteiger partial charge in [-0.05, 0) is 36.4 Å². The number of halogens is 2. The van der Waals surface area contributed by atoms with E-state index in [1.807, 2.05) is 0 Å². The minimum Gasteiger partial charge on any atom is -0.497 e. The minimum absolute atomic E-state index is 0.0724. The van der Waals surface area contributed by atoms with Crippen molar-refractivity contribution in [3.63, 3.8) is 0 Å². The fraction of sp³-hybridized carbons (Fsp3) is 0.263. The van der Waals surface area contributed by atoms with E-state index in [9.17, 15) is 9.59 Å². The topological polar surface area (TPSA) is 49.9 Å². The summed E-state index contributed by atoms with van der Waals surface area (Å²) in [7, 11) is 1.56. The number of rotatable bonds is 3. The fourth-order valence-corrected chi connectivity index (χ4v) is 3.25. The Kier molecular flexibility index (Phi) is 5.69. The van der Waals surface area contributed by atoms with Crippen molar-refractivity contribution >= 4 is 35.0 Å². The molecule has 1 fully saturated rings. The summed E-state index contributed by atoms with van der Waals surface area (Å²) in [6, 6.07) is 11.9. The van der Waals surface area contributed by atoms with Gasteiger partial charge < -0.3 is 14.5 Å². The molecule has 7 heteroatoms. The predicted molar refractivity (Wildman–Crippen MR) is 101 cm³/mol. The maximum absolute atomic E-state index is 12.7. The van der Waals surface area contributed by atoms with Gasteiger partial charge in [-0.15, -0.1) is 0 Å². The lowest BCUT2D eigenvalue weighted by Gasteiger charge is -2.35. The van der Waals surface area contributed by atoms with Crippen molar-refractivity contribution in [3.05, 3.63) is 63.6 Å². The van der Waals surface area contributed by atoms with Crippen LogP contribution in [0.4, 0.5) is 0 Å². The molecule has 1 saturated heterocycles.